The molecule has 3 aromatic carbocycles. The number of aromatic nitrogens is 3. The number of rotatable bonds is 1. The topological polar surface area (TPSA) is 88.9 Å². The van der Waals surface area contributed by atoms with Crippen LogP contribution < -0.4 is 16.2 Å². The number of carbonyl (C=O) groups is 1. The number of carbonyl (C=O) groups excluding carboxylic acids is 1. The van der Waals surface area contributed by atoms with Crippen LogP contribution in [0.3, 0.4) is 0 Å². The molecule has 0 fully saturated rings. The summed E-state index contributed by atoms with van der Waals surface area (Å²) in [6, 6.07) is 20.0. The Balaban J connectivity index is 1.70. The lowest BCUT2D eigenvalue weighted by Crippen LogP contribution is -2.53. The summed E-state index contributed by atoms with van der Waals surface area (Å²) in [6.07, 6.45) is 0. The molecule has 1 atom stereocenters. The van der Waals surface area contributed by atoms with Gasteiger partial charge < -0.3 is 10.6 Å². The molecule has 3 heterocycles. The number of halogens is 1. The molecule has 2 N–H and O–H groups in total. The Morgan fingerprint density at radius 2 is 1.58 bits per heavy atom. The van der Waals surface area contributed by atoms with Crippen LogP contribution in [0.25, 0.3) is 22.6 Å². The van der Waals surface area contributed by atoms with Crippen molar-refractivity contribution in [2.45, 2.75) is 5.66 Å². The highest BCUT2D eigenvalue weighted by Crippen LogP contribution is 2.45. The van der Waals surface area contributed by atoms with Crippen molar-refractivity contribution in [3.8, 4) is 22.6 Å². The maximum Gasteiger partial charge on any atom is 0.300 e. The van der Waals surface area contributed by atoms with Gasteiger partial charge in [0.05, 0.1) is 0 Å². The third-order valence-corrected chi connectivity index (χ3v) is 5.62. The maximum absolute atomic E-state index is 13.4. The Morgan fingerprint density at radius 3 is 2.39 bits per heavy atom. The van der Waals surface area contributed by atoms with Crippen molar-refractivity contribution in [1.29, 1.82) is 0 Å². The zero-order valence-electron chi connectivity index (χ0n) is 16.0. The fourth-order valence-corrected chi connectivity index (χ4v) is 4.20. The van der Waals surface area contributed by atoms with Gasteiger partial charge in [-0.25, -0.2) is 9.07 Å². The minimum absolute atomic E-state index is 0.0292. The van der Waals surface area contributed by atoms with E-state index in [1.54, 1.807) is 6.07 Å². The Labute approximate surface area is 175 Å². The highest BCUT2D eigenvalue weighted by Gasteiger charge is 2.53. The van der Waals surface area contributed by atoms with Crippen LogP contribution in [0.2, 0.25) is 0 Å². The van der Waals surface area contributed by atoms with E-state index in [1.807, 2.05) is 42.5 Å². The predicted octanol–water partition coefficient (Wildman–Crippen LogP) is 3.19. The van der Waals surface area contributed by atoms with Crippen LogP contribution in [0.15, 0.2) is 77.6 Å². The molecule has 2 aliphatic rings. The van der Waals surface area contributed by atoms with E-state index in [4.69, 9.17) is 0 Å². The van der Waals surface area contributed by atoms with Gasteiger partial charge in [-0.2, -0.15) is 10.1 Å². The molecule has 1 unspecified atom stereocenters. The summed E-state index contributed by atoms with van der Waals surface area (Å²) in [4.78, 5) is 30.6. The molecule has 0 saturated heterocycles. The second kappa shape index (κ2) is 6.09. The molecule has 0 aliphatic carbocycles. The van der Waals surface area contributed by atoms with E-state index in [0.717, 1.165) is 0 Å². The summed E-state index contributed by atoms with van der Waals surface area (Å²) in [5.74, 6) is -0.490. The third kappa shape index (κ3) is 2.32. The summed E-state index contributed by atoms with van der Waals surface area (Å²) >= 11 is 0. The van der Waals surface area contributed by atoms with Gasteiger partial charge in [0, 0.05) is 28.1 Å². The van der Waals surface area contributed by atoms with Crippen LogP contribution in [-0.4, -0.2) is 20.7 Å². The van der Waals surface area contributed by atoms with Crippen molar-refractivity contribution in [3.63, 3.8) is 0 Å². The molecule has 0 radical (unpaired) electrons. The lowest BCUT2D eigenvalue weighted by atomic mass is 9.96. The highest BCUT2D eigenvalue weighted by molar-refractivity contribution is 6.09. The van der Waals surface area contributed by atoms with Gasteiger partial charge in [-0.3, -0.25) is 9.59 Å². The monoisotopic (exact) mass is 411 g/mol. The van der Waals surface area contributed by atoms with Crippen molar-refractivity contribution < 1.29 is 9.18 Å². The molecule has 8 heteroatoms. The van der Waals surface area contributed by atoms with E-state index in [1.165, 1.54) is 28.9 Å². The van der Waals surface area contributed by atoms with Crippen molar-refractivity contribution in [2.24, 2.45) is 0 Å². The SMILES string of the molecule is O=C1Nc2ccccc2C12Nc1ccccc1-c1nc(=O)c(-c3ccc(F)cc3)nn12. The molecule has 4 aromatic rings. The third-order valence-electron chi connectivity index (χ3n) is 5.62. The number of nitrogens with one attached hydrogen (secondary N) is 2. The zero-order chi connectivity index (χ0) is 21.2. The molecule has 0 bridgehead atoms. The molecular weight excluding hydrogens is 397 g/mol. The smallest absolute Gasteiger partial charge is 0.300 e. The molecule has 6 rings (SSSR count). The van der Waals surface area contributed by atoms with Crippen molar-refractivity contribution in [2.75, 3.05) is 10.6 Å². The molecule has 7 nitrogen and oxygen atoms in total. The number of fused-ring (bicyclic) bond motifs is 6. The van der Waals surface area contributed by atoms with E-state index in [0.29, 0.717) is 28.1 Å². The van der Waals surface area contributed by atoms with Gasteiger partial charge >= 0.3 is 0 Å². The van der Waals surface area contributed by atoms with Gasteiger partial charge in [0.25, 0.3) is 11.5 Å². The molecule has 1 amide bonds. The summed E-state index contributed by atoms with van der Waals surface area (Å²) in [6.45, 7) is 0. The van der Waals surface area contributed by atoms with Gasteiger partial charge in [-0.15, -0.1) is 0 Å². The molecule has 31 heavy (non-hydrogen) atoms. The first-order valence-electron chi connectivity index (χ1n) is 9.64. The second-order valence-electron chi connectivity index (χ2n) is 7.39. The number of hydrogen-bond donors (Lipinski definition) is 2. The number of hydrogen-bond acceptors (Lipinski definition) is 5. The second-order valence-corrected chi connectivity index (χ2v) is 7.39. The molecule has 1 aromatic heterocycles. The van der Waals surface area contributed by atoms with E-state index >= 15 is 0 Å². The molecule has 1 spiro atoms. The first-order valence-corrected chi connectivity index (χ1v) is 9.64. The van der Waals surface area contributed by atoms with E-state index in [-0.39, 0.29) is 17.4 Å². The van der Waals surface area contributed by atoms with Crippen LogP contribution in [-0.2, 0) is 10.5 Å². The van der Waals surface area contributed by atoms with Crippen LogP contribution in [0, 0.1) is 5.82 Å². The molecule has 150 valence electrons. The summed E-state index contributed by atoms with van der Waals surface area (Å²) < 4.78 is 14.9. The van der Waals surface area contributed by atoms with E-state index < -0.39 is 17.0 Å². The van der Waals surface area contributed by atoms with Crippen LogP contribution in [0.4, 0.5) is 15.8 Å². The minimum Gasteiger partial charge on any atom is -0.349 e. The average molecular weight is 411 g/mol. The van der Waals surface area contributed by atoms with Crippen molar-refractivity contribution in [1.82, 2.24) is 14.8 Å². The molecule has 2 aliphatic heterocycles. The van der Waals surface area contributed by atoms with Crippen molar-refractivity contribution in [3.05, 3.63) is 94.5 Å². The van der Waals surface area contributed by atoms with Gasteiger partial charge in [0.1, 0.15) is 5.82 Å². The van der Waals surface area contributed by atoms with Gasteiger partial charge in [0.15, 0.2) is 11.5 Å². The Kier molecular flexibility index (Phi) is 3.44. The number of benzene rings is 3. The largest absolute Gasteiger partial charge is 0.349 e. The number of nitrogens with zero attached hydrogens (tertiary/aromatic N) is 3. The summed E-state index contributed by atoms with van der Waals surface area (Å²) in [7, 11) is 0. The van der Waals surface area contributed by atoms with E-state index in [9.17, 15) is 14.0 Å². The predicted molar refractivity (Wildman–Crippen MR) is 113 cm³/mol. The van der Waals surface area contributed by atoms with Crippen LogP contribution in [0.1, 0.15) is 5.56 Å². The minimum atomic E-state index is -1.42. The fourth-order valence-electron chi connectivity index (χ4n) is 4.20. The quantitative estimate of drug-likeness (QED) is 0.502. The first kappa shape index (κ1) is 17.5. The Morgan fingerprint density at radius 1 is 0.871 bits per heavy atom. The average Bonchev–Trinajstić information content (AvgIpc) is 3.06. The van der Waals surface area contributed by atoms with Gasteiger partial charge in [-0.1, -0.05) is 30.3 Å². The fraction of sp³-hybridized carbons (Fsp3) is 0.0435. The highest BCUT2D eigenvalue weighted by atomic mass is 19.1. The lowest BCUT2D eigenvalue weighted by molar-refractivity contribution is -0.121. The number of anilines is 2. The van der Waals surface area contributed by atoms with Gasteiger partial charge in [-0.05, 0) is 42.5 Å². The first-order chi connectivity index (χ1) is 15.1. The summed E-state index contributed by atoms with van der Waals surface area (Å²) in [5.41, 5.74) is 1.09. The molecular formula is C23H14FN5O2. The van der Waals surface area contributed by atoms with Crippen molar-refractivity contribution >= 4 is 17.3 Å². The molecule has 0 saturated carbocycles. The number of para-hydroxylation sites is 2. The van der Waals surface area contributed by atoms with E-state index in [2.05, 4.69) is 20.7 Å². The standard InChI is InChI=1S/C23H14FN5O2/c24-14-11-9-13(10-12-14)19-21(30)26-20-15-5-1-3-7-17(15)27-23(29(20)28-19)16-6-2-4-8-18(16)25-22(23)31/h1-12,27H,(H,25,31). The Hall–Kier alpha value is -4.33. The lowest BCUT2D eigenvalue weighted by Gasteiger charge is -2.37. The Bertz CT molecular complexity index is 1450. The number of amides is 1. The normalized spacial score (nSPS) is 18.0. The maximum atomic E-state index is 13.4. The zero-order valence-corrected chi connectivity index (χ0v) is 16.0. The van der Waals surface area contributed by atoms with Crippen LogP contribution in [0.5, 0.6) is 0 Å². The summed E-state index contributed by atoms with van der Waals surface area (Å²) in [5, 5.41) is 10.8. The van der Waals surface area contributed by atoms with Crippen LogP contribution >= 0.6 is 0 Å². The van der Waals surface area contributed by atoms with Gasteiger partial charge in [0.2, 0.25) is 5.66 Å².